The molecule has 0 fully saturated rings. The molecule has 0 aliphatic rings. The SMILES string of the molecule is COC(=O)c1ccc(OCC(=O)Nc2ccccc2F)c(Br)c1. The van der Waals surface area contributed by atoms with Crippen molar-refractivity contribution in [3.05, 3.63) is 58.3 Å². The van der Waals surface area contributed by atoms with Crippen LogP contribution in [0.3, 0.4) is 0 Å². The van der Waals surface area contributed by atoms with Crippen molar-refractivity contribution in [1.29, 1.82) is 0 Å². The number of para-hydroxylation sites is 1. The maximum absolute atomic E-state index is 13.4. The third-order valence-corrected chi connectivity index (χ3v) is 3.48. The number of hydrogen-bond donors (Lipinski definition) is 1. The third kappa shape index (κ3) is 4.53. The zero-order valence-electron chi connectivity index (χ0n) is 12.1. The van der Waals surface area contributed by atoms with Gasteiger partial charge in [-0.05, 0) is 46.3 Å². The molecule has 0 radical (unpaired) electrons. The van der Waals surface area contributed by atoms with Crippen molar-refractivity contribution in [2.24, 2.45) is 0 Å². The Balaban J connectivity index is 1.97. The molecule has 2 aromatic rings. The zero-order chi connectivity index (χ0) is 16.8. The van der Waals surface area contributed by atoms with E-state index in [0.29, 0.717) is 15.8 Å². The van der Waals surface area contributed by atoms with Gasteiger partial charge in [0.2, 0.25) is 0 Å². The van der Waals surface area contributed by atoms with Gasteiger partial charge in [-0.2, -0.15) is 0 Å². The van der Waals surface area contributed by atoms with Crippen molar-refractivity contribution >= 4 is 33.5 Å². The summed E-state index contributed by atoms with van der Waals surface area (Å²) in [5.41, 5.74) is 0.434. The van der Waals surface area contributed by atoms with E-state index in [1.165, 1.54) is 43.5 Å². The van der Waals surface area contributed by atoms with Gasteiger partial charge in [0.25, 0.3) is 5.91 Å². The average molecular weight is 382 g/mol. The van der Waals surface area contributed by atoms with Crippen molar-refractivity contribution in [3.8, 4) is 5.75 Å². The molecule has 0 unspecified atom stereocenters. The summed E-state index contributed by atoms with van der Waals surface area (Å²) in [7, 11) is 1.29. The summed E-state index contributed by atoms with van der Waals surface area (Å²) >= 11 is 3.25. The largest absolute Gasteiger partial charge is 0.483 e. The third-order valence-electron chi connectivity index (χ3n) is 2.86. The number of nitrogens with one attached hydrogen (secondary N) is 1. The standard InChI is InChI=1S/C16H13BrFNO4/c1-22-16(21)10-6-7-14(11(17)8-10)23-9-15(20)19-13-5-3-2-4-12(13)18/h2-8H,9H2,1H3,(H,19,20). The van der Waals surface area contributed by atoms with E-state index in [4.69, 9.17) is 4.74 Å². The number of anilines is 1. The van der Waals surface area contributed by atoms with Crippen LogP contribution in [0.1, 0.15) is 10.4 Å². The first-order valence-electron chi connectivity index (χ1n) is 6.56. The quantitative estimate of drug-likeness (QED) is 0.806. The van der Waals surface area contributed by atoms with Gasteiger partial charge >= 0.3 is 5.97 Å². The van der Waals surface area contributed by atoms with Crippen LogP contribution in [0.2, 0.25) is 0 Å². The normalized spacial score (nSPS) is 10.0. The highest BCUT2D eigenvalue weighted by molar-refractivity contribution is 9.10. The van der Waals surface area contributed by atoms with Crippen molar-refractivity contribution in [3.63, 3.8) is 0 Å². The van der Waals surface area contributed by atoms with Gasteiger partial charge in [-0.1, -0.05) is 12.1 Å². The topological polar surface area (TPSA) is 64.6 Å². The van der Waals surface area contributed by atoms with Gasteiger partial charge in [-0.25, -0.2) is 9.18 Å². The zero-order valence-corrected chi connectivity index (χ0v) is 13.7. The molecule has 0 aliphatic carbocycles. The van der Waals surface area contributed by atoms with E-state index in [0.717, 1.165) is 0 Å². The molecule has 0 aliphatic heterocycles. The van der Waals surface area contributed by atoms with E-state index < -0.39 is 17.7 Å². The highest BCUT2D eigenvalue weighted by Gasteiger charge is 2.11. The van der Waals surface area contributed by atoms with Crippen LogP contribution in [0, 0.1) is 5.82 Å². The predicted molar refractivity (Wildman–Crippen MR) is 86.0 cm³/mol. The van der Waals surface area contributed by atoms with Crippen LogP contribution in [0.25, 0.3) is 0 Å². The fraction of sp³-hybridized carbons (Fsp3) is 0.125. The second-order valence-electron chi connectivity index (χ2n) is 4.45. The maximum Gasteiger partial charge on any atom is 0.337 e. The molecular weight excluding hydrogens is 369 g/mol. The van der Waals surface area contributed by atoms with Crippen molar-refractivity contribution < 1.29 is 23.5 Å². The first kappa shape index (κ1) is 17.0. The van der Waals surface area contributed by atoms with Gasteiger partial charge in [0.05, 0.1) is 22.8 Å². The van der Waals surface area contributed by atoms with Crippen LogP contribution < -0.4 is 10.1 Å². The summed E-state index contributed by atoms with van der Waals surface area (Å²) in [4.78, 5) is 23.2. The molecular formula is C16H13BrFNO4. The Hall–Kier alpha value is -2.41. The van der Waals surface area contributed by atoms with Crippen molar-refractivity contribution in [2.75, 3.05) is 19.0 Å². The molecule has 7 heteroatoms. The Morgan fingerprint density at radius 2 is 1.96 bits per heavy atom. The molecule has 0 saturated carbocycles. The number of benzene rings is 2. The van der Waals surface area contributed by atoms with Crippen LogP contribution in [0.15, 0.2) is 46.9 Å². The summed E-state index contributed by atoms with van der Waals surface area (Å²) in [6, 6.07) is 10.4. The maximum atomic E-state index is 13.4. The number of methoxy groups -OCH3 is 1. The number of carbonyl (C=O) groups excluding carboxylic acids is 2. The number of carbonyl (C=O) groups is 2. The van der Waals surface area contributed by atoms with Gasteiger partial charge in [0.1, 0.15) is 11.6 Å². The Morgan fingerprint density at radius 3 is 2.61 bits per heavy atom. The van der Waals surface area contributed by atoms with Crippen LogP contribution in [-0.4, -0.2) is 25.6 Å². The van der Waals surface area contributed by atoms with Crippen LogP contribution in [0.5, 0.6) is 5.75 Å². The van der Waals surface area contributed by atoms with Crippen molar-refractivity contribution in [2.45, 2.75) is 0 Å². The Morgan fingerprint density at radius 1 is 1.22 bits per heavy atom. The van der Waals surface area contributed by atoms with Crippen LogP contribution in [0.4, 0.5) is 10.1 Å². The summed E-state index contributed by atoms with van der Waals surface area (Å²) < 4.78 is 23.9. The second-order valence-corrected chi connectivity index (χ2v) is 5.31. The number of rotatable bonds is 5. The summed E-state index contributed by atoms with van der Waals surface area (Å²) in [5.74, 6) is -1.13. The number of ether oxygens (including phenoxy) is 2. The first-order valence-corrected chi connectivity index (χ1v) is 7.35. The number of amides is 1. The Bertz CT molecular complexity index is 736. The molecule has 23 heavy (non-hydrogen) atoms. The van der Waals surface area contributed by atoms with Crippen molar-refractivity contribution in [1.82, 2.24) is 0 Å². The Kier molecular flexibility index (Phi) is 5.70. The van der Waals surface area contributed by atoms with E-state index in [1.54, 1.807) is 6.07 Å². The van der Waals surface area contributed by atoms with E-state index >= 15 is 0 Å². The summed E-state index contributed by atoms with van der Waals surface area (Å²) in [6.07, 6.45) is 0. The monoisotopic (exact) mass is 381 g/mol. The molecule has 2 aromatic carbocycles. The molecule has 2 rings (SSSR count). The minimum atomic E-state index is -0.524. The van der Waals surface area contributed by atoms with E-state index in [1.807, 2.05) is 0 Å². The predicted octanol–water partition coefficient (Wildman–Crippen LogP) is 3.39. The highest BCUT2D eigenvalue weighted by atomic mass is 79.9. The molecule has 0 aromatic heterocycles. The molecule has 0 heterocycles. The molecule has 1 amide bonds. The second kappa shape index (κ2) is 7.73. The lowest BCUT2D eigenvalue weighted by molar-refractivity contribution is -0.118. The lowest BCUT2D eigenvalue weighted by atomic mass is 10.2. The molecule has 0 bridgehead atoms. The van der Waals surface area contributed by atoms with Crippen LogP contribution >= 0.6 is 15.9 Å². The Labute approximate surface area is 140 Å². The summed E-state index contributed by atoms with van der Waals surface area (Å²) in [6.45, 7) is -0.301. The molecule has 0 spiro atoms. The molecule has 0 atom stereocenters. The first-order chi connectivity index (χ1) is 11.0. The number of halogens is 2. The summed E-state index contributed by atoms with van der Waals surface area (Å²) in [5, 5.41) is 2.41. The van der Waals surface area contributed by atoms with Gasteiger partial charge < -0.3 is 14.8 Å². The van der Waals surface area contributed by atoms with Crippen LogP contribution in [-0.2, 0) is 9.53 Å². The van der Waals surface area contributed by atoms with Gasteiger partial charge in [0, 0.05) is 0 Å². The lowest BCUT2D eigenvalue weighted by Gasteiger charge is -2.10. The number of esters is 1. The smallest absolute Gasteiger partial charge is 0.337 e. The fourth-order valence-corrected chi connectivity index (χ4v) is 2.25. The lowest BCUT2D eigenvalue weighted by Crippen LogP contribution is -2.20. The molecule has 0 saturated heterocycles. The van der Waals surface area contributed by atoms with Gasteiger partial charge in [-0.15, -0.1) is 0 Å². The fourth-order valence-electron chi connectivity index (χ4n) is 1.75. The molecule has 120 valence electrons. The van der Waals surface area contributed by atoms with Gasteiger partial charge in [-0.3, -0.25) is 4.79 Å². The minimum absolute atomic E-state index is 0.0844. The van der Waals surface area contributed by atoms with E-state index in [9.17, 15) is 14.0 Å². The van der Waals surface area contributed by atoms with E-state index in [2.05, 4.69) is 26.0 Å². The highest BCUT2D eigenvalue weighted by Crippen LogP contribution is 2.26. The average Bonchev–Trinajstić information content (AvgIpc) is 2.55. The van der Waals surface area contributed by atoms with E-state index in [-0.39, 0.29) is 12.3 Å². The molecule has 1 N–H and O–H groups in total. The number of hydrogen-bond acceptors (Lipinski definition) is 4. The van der Waals surface area contributed by atoms with Gasteiger partial charge in [0.15, 0.2) is 6.61 Å². The minimum Gasteiger partial charge on any atom is -0.483 e. The molecule has 5 nitrogen and oxygen atoms in total.